The zero-order chi connectivity index (χ0) is 29.8. The van der Waals surface area contributed by atoms with Gasteiger partial charge in [0.2, 0.25) is 0 Å². The average molecular weight is 618 g/mol. The summed E-state index contributed by atoms with van der Waals surface area (Å²) >= 11 is 6.51. The van der Waals surface area contributed by atoms with Crippen molar-refractivity contribution in [2.75, 3.05) is 39.5 Å². The molecule has 0 aliphatic carbocycles. The van der Waals surface area contributed by atoms with Crippen LogP contribution in [0.5, 0.6) is 0 Å². The van der Waals surface area contributed by atoms with Crippen molar-refractivity contribution in [3.63, 3.8) is 0 Å². The number of piperidine rings is 1. The van der Waals surface area contributed by atoms with Crippen molar-refractivity contribution in [3.8, 4) is 11.3 Å². The lowest BCUT2D eigenvalue weighted by Gasteiger charge is -2.32. The van der Waals surface area contributed by atoms with Crippen molar-refractivity contribution in [2.24, 2.45) is 0 Å². The number of carbonyl (C=O) groups is 1. The summed E-state index contributed by atoms with van der Waals surface area (Å²) in [5, 5.41) is 19.3. The van der Waals surface area contributed by atoms with Gasteiger partial charge in [0.25, 0.3) is 5.91 Å². The van der Waals surface area contributed by atoms with Crippen LogP contribution in [0.2, 0.25) is 5.02 Å². The minimum atomic E-state index is -1.13. The summed E-state index contributed by atoms with van der Waals surface area (Å²) in [6.45, 7) is 3.99. The number of β-amino-alcohol motifs (C(OH)–C–C–N with tert-alkyl or cyclic N) is 1. The number of aliphatic hydroxyl groups is 1. The molecule has 3 aromatic rings. The number of carbonyl (C=O) groups excluding carboxylic acids is 1. The first-order valence-electron chi connectivity index (χ1n) is 14.1. The largest absolute Gasteiger partial charge is 0.390 e. The van der Waals surface area contributed by atoms with Crippen LogP contribution in [0.4, 0.5) is 4.39 Å². The highest BCUT2D eigenvalue weighted by atomic mass is 35.5. The summed E-state index contributed by atoms with van der Waals surface area (Å²) < 4.78 is 34.9. The number of nitrogens with one attached hydrogen (secondary N) is 1. The smallest absolute Gasteiger partial charge is 0.251 e. The Balaban J connectivity index is 1.36. The molecule has 2 aromatic carbocycles. The number of methoxy groups -OCH3 is 1. The molecule has 226 valence electrons. The van der Waals surface area contributed by atoms with Gasteiger partial charge in [-0.1, -0.05) is 17.7 Å². The standard InChI is InChI=1S/C30H37ClFN5O4S/c1-41-25-9-12-35(13-10-25)17-24(38)18-37-28-11-14-36(42(2)40)19-26(28)29(34-37)21-5-8-27(31)22(15-21)16-33-30(39)20-3-6-23(32)7-4-20/h3-8,15,24-25,38H,9-14,16-19H2,1-2H3,(H,33,39). The SMILES string of the molecule is COC1CCN(CC(O)Cn2nc(-c3ccc(Cl)c(CNC(=O)c4ccc(F)cc4)c3)c3c2CCN(S(C)=O)C3)CC1. The molecule has 9 nitrogen and oxygen atoms in total. The number of rotatable bonds is 10. The van der Waals surface area contributed by atoms with Crippen molar-refractivity contribution < 1.29 is 23.2 Å². The van der Waals surface area contributed by atoms with E-state index in [0.29, 0.717) is 48.7 Å². The van der Waals surface area contributed by atoms with Gasteiger partial charge in [0.15, 0.2) is 0 Å². The van der Waals surface area contributed by atoms with E-state index in [1.54, 1.807) is 19.4 Å². The van der Waals surface area contributed by atoms with Crippen LogP contribution in [0.25, 0.3) is 11.3 Å². The van der Waals surface area contributed by atoms with Crippen LogP contribution in [-0.4, -0.2) is 86.0 Å². The van der Waals surface area contributed by atoms with Gasteiger partial charge in [-0.05, 0) is 54.8 Å². The Labute approximate surface area is 253 Å². The molecule has 0 spiro atoms. The molecule has 0 radical (unpaired) electrons. The maximum Gasteiger partial charge on any atom is 0.251 e. The molecule has 0 saturated carbocycles. The Bertz CT molecular complexity index is 1430. The number of halogens is 2. The van der Waals surface area contributed by atoms with Gasteiger partial charge in [0.05, 0.1) is 35.4 Å². The second-order valence-electron chi connectivity index (χ2n) is 10.9. The maximum atomic E-state index is 13.3. The number of benzene rings is 2. The van der Waals surface area contributed by atoms with Crippen LogP contribution in [0.1, 0.15) is 40.0 Å². The predicted octanol–water partition coefficient (Wildman–Crippen LogP) is 3.40. The summed E-state index contributed by atoms with van der Waals surface area (Å²) in [7, 11) is 0.614. The Morgan fingerprint density at radius 3 is 2.62 bits per heavy atom. The summed E-state index contributed by atoms with van der Waals surface area (Å²) in [5.41, 5.74) is 4.64. The van der Waals surface area contributed by atoms with E-state index in [4.69, 9.17) is 21.4 Å². The number of amides is 1. The molecule has 5 rings (SSSR count). The second-order valence-corrected chi connectivity index (χ2v) is 12.6. The molecule has 1 saturated heterocycles. The van der Waals surface area contributed by atoms with Gasteiger partial charge in [-0.25, -0.2) is 12.9 Å². The van der Waals surface area contributed by atoms with E-state index in [2.05, 4.69) is 10.2 Å². The quantitative estimate of drug-likeness (QED) is 0.362. The van der Waals surface area contributed by atoms with Gasteiger partial charge in [-0.3, -0.25) is 9.48 Å². The second kappa shape index (κ2) is 13.7. The molecular weight excluding hydrogens is 581 g/mol. The van der Waals surface area contributed by atoms with Crippen molar-refractivity contribution in [1.29, 1.82) is 0 Å². The molecule has 1 aromatic heterocycles. The lowest BCUT2D eigenvalue weighted by molar-refractivity contribution is 0.0209. The Morgan fingerprint density at radius 1 is 1.19 bits per heavy atom. The Kier molecular flexibility index (Phi) is 10.1. The summed E-state index contributed by atoms with van der Waals surface area (Å²) in [4.78, 5) is 14.9. The summed E-state index contributed by atoms with van der Waals surface area (Å²) in [5.74, 6) is -0.741. The Morgan fingerprint density at radius 2 is 1.93 bits per heavy atom. The molecular formula is C30H37ClFN5O4S. The van der Waals surface area contributed by atoms with Crippen molar-refractivity contribution in [2.45, 2.75) is 51.1 Å². The number of fused-ring (bicyclic) bond motifs is 1. The number of aromatic nitrogens is 2. The third-order valence-corrected chi connectivity index (χ3v) is 9.46. The fourth-order valence-electron chi connectivity index (χ4n) is 5.69. The molecule has 1 fully saturated rings. The van der Waals surface area contributed by atoms with Crippen molar-refractivity contribution in [3.05, 3.63) is 75.7 Å². The summed E-state index contributed by atoms with van der Waals surface area (Å²) in [6, 6.07) is 10.9. The van der Waals surface area contributed by atoms with Gasteiger partial charge in [-0.2, -0.15) is 5.10 Å². The molecule has 2 atom stereocenters. The molecule has 2 unspecified atom stereocenters. The highest BCUT2D eigenvalue weighted by Gasteiger charge is 2.29. The molecule has 0 bridgehead atoms. The third-order valence-electron chi connectivity index (χ3n) is 8.05. The van der Waals surface area contributed by atoms with Crippen LogP contribution in [-0.2, 0) is 41.8 Å². The van der Waals surface area contributed by atoms with E-state index in [-0.39, 0.29) is 18.6 Å². The molecule has 2 aliphatic rings. The van der Waals surface area contributed by atoms with Gasteiger partial charge >= 0.3 is 0 Å². The molecule has 2 aliphatic heterocycles. The molecule has 3 heterocycles. The topological polar surface area (TPSA) is 99.9 Å². The van der Waals surface area contributed by atoms with Crippen molar-refractivity contribution >= 4 is 28.5 Å². The van der Waals surface area contributed by atoms with E-state index >= 15 is 0 Å². The fourth-order valence-corrected chi connectivity index (χ4v) is 6.53. The number of hydrogen-bond donors (Lipinski definition) is 2. The van der Waals surface area contributed by atoms with Crippen LogP contribution in [0, 0.1) is 5.82 Å². The normalized spacial score (nSPS) is 18.0. The first kappa shape index (κ1) is 30.8. The zero-order valence-electron chi connectivity index (χ0n) is 23.9. The summed E-state index contributed by atoms with van der Waals surface area (Å²) in [6.07, 6.45) is 3.95. The van der Waals surface area contributed by atoms with Gasteiger partial charge in [0.1, 0.15) is 5.82 Å². The first-order valence-corrected chi connectivity index (χ1v) is 16.0. The van der Waals surface area contributed by atoms with E-state index < -0.39 is 22.9 Å². The van der Waals surface area contributed by atoms with E-state index in [1.165, 1.54) is 24.3 Å². The number of hydrogen-bond acceptors (Lipinski definition) is 6. The number of aliphatic hydroxyl groups excluding tert-OH is 1. The molecule has 1 amide bonds. The monoisotopic (exact) mass is 617 g/mol. The minimum Gasteiger partial charge on any atom is -0.390 e. The van der Waals surface area contributed by atoms with Crippen LogP contribution in [0.15, 0.2) is 42.5 Å². The van der Waals surface area contributed by atoms with E-state index in [0.717, 1.165) is 48.4 Å². The first-order chi connectivity index (χ1) is 20.2. The predicted molar refractivity (Wildman–Crippen MR) is 161 cm³/mol. The average Bonchev–Trinajstić information content (AvgIpc) is 3.34. The third kappa shape index (κ3) is 7.27. The highest BCUT2D eigenvalue weighted by Crippen LogP contribution is 2.33. The number of ether oxygens (including phenoxy) is 1. The highest BCUT2D eigenvalue weighted by molar-refractivity contribution is 7.81. The minimum absolute atomic E-state index is 0.176. The number of likely N-dealkylation sites (tertiary alicyclic amines) is 1. The zero-order valence-corrected chi connectivity index (χ0v) is 25.5. The maximum absolute atomic E-state index is 13.3. The lowest BCUT2D eigenvalue weighted by Crippen LogP contribution is -2.42. The molecule has 12 heteroatoms. The van der Waals surface area contributed by atoms with Gasteiger partial charge < -0.3 is 20.1 Å². The molecule has 42 heavy (non-hydrogen) atoms. The van der Waals surface area contributed by atoms with Crippen LogP contribution in [0.3, 0.4) is 0 Å². The van der Waals surface area contributed by atoms with E-state index in [1.807, 2.05) is 21.1 Å². The molecule has 2 N–H and O–H groups in total. The van der Waals surface area contributed by atoms with Crippen LogP contribution < -0.4 is 5.32 Å². The van der Waals surface area contributed by atoms with Crippen molar-refractivity contribution in [1.82, 2.24) is 24.3 Å². The van der Waals surface area contributed by atoms with Crippen LogP contribution >= 0.6 is 11.6 Å². The number of nitrogens with zero attached hydrogens (tertiary/aromatic N) is 4. The fraction of sp³-hybridized carbons (Fsp3) is 0.467. The van der Waals surface area contributed by atoms with Gasteiger partial charge in [-0.15, -0.1) is 0 Å². The lowest BCUT2D eigenvalue weighted by atomic mass is 10.0. The van der Waals surface area contributed by atoms with E-state index in [9.17, 15) is 18.5 Å². The van der Waals surface area contributed by atoms with Gasteiger partial charge in [0, 0.05) is 86.5 Å². The Hall–Kier alpha value is -2.67.